The van der Waals surface area contributed by atoms with Crippen molar-refractivity contribution in [3.05, 3.63) is 76.8 Å². The van der Waals surface area contributed by atoms with Crippen LogP contribution in [-0.4, -0.2) is 17.4 Å². The first-order valence-corrected chi connectivity index (χ1v) is 8.70. The molecule has 1 heterocycles. The lowest BCUT2D eigenvalue weighted by Crippen LogP contribution is -2.25. The van der Waals surface area contributed by atoms with Gasteiger partial charge in [-0.05, 0) is 31.0 Å². The number of hydrogen-bond donors (Lipinski definition) is 2. The van der Waals surface area contributed by atoms with Crippen molar-refractivity contribution >= 4 is 28.1 Å². The average molecular weight is 337 g/mol. The fourth-order valence-corrected chi connectivity index (χ4v) is 2.96. The molecule has 0 unspecified atom stereocenters. The van der Waals surface area contributed by atoms with E-state index >= 15 is 0 Å². The molecule has 0 bridgehead atoms. The van der Waals surface area contributed by atoms with Gasteiger partial charge >= 0.3 is 0 Å². The van der Waals surface area contributed by atoms with Crippen LogP contribution in [0.3, 0.4) is 0 Å². The van der Waals surface area contributed by atoms with Crippen molar-refractivity contribution in [2.45, 2.75) is 13.3 Å². The number of amides is 1. The van der Waals surface area contributed by atoms with Crippen LogP contribution in [0, 0.1) is 6.92 Å². The van der Waals surface area contributed by atoms with Gasteiger partial charge in [-0.25, -0.2) is 4.98 Å². The number of aryl methyl sites for hydroxylation is 1. The molecular weight excluding hydrogens is 318 g/mol. The number of thiazole rings is 1. The van der Waals surface area contributed by atoms with E-state index in [1.807, 2.05) is 49.4 Å². The third-order valence-corrected chi connectivity index (χ3v) is 4.34. The number of nitrogens with zero attached hydrogens (tertiary/aromatic N) is 1. The summed E-state index contributed by atoms with van der Waals surface area (Å²) in [6.45, 7) is 2.64. The summed E-state index contributed by atoms with van der Waals surface area (Å²) in [6, 6.07) is 18.2. The van der Waals surface area contributed by atoms with Crippen LogP contribution in [0.1, 0.15) is 21.6 Å². The number of aromatic nitrogens is 1. The maximum Gasteiger partial charge on any atom is 0.270 e. The molecule has 24 heavy (non-hydrogen) atoms. The van der Waals surface area contributed by atoms with Crippen molar-refractivity contribution in [3.63, 3.8) is 0 Å². The number of rotatable bonds is 6. The lowest BCUT2D eigenvalue weighted by atomic mass is 10.1. The summed E-state index contributed by atoms with van der Waals surface area (Å²) in [5, 5.41) is 8.61. The van der Waals surface area contributed by atoms with Gasteiger partial charge in [0.25, 0.3) is 5.91 Å². The summed E-state index contributed by atoms with van der Waals surface area (Å²) >= 11 is 1.42. The molecule has 0 aliphatic rings. The second-order valence-electron chi connectivity index (χ2n) is 5.52. The largest absolute Gasteiger partial charge is 0.350 e. The van der Waals surface area contributed by atoms with Gasteiger partial charge in [-0.15, -0.1) is 11.3 Å². The maximum atomic E-state index is 12.2. The van der Waals surface area contributed by atoms with Crippen molar-refractivity contribution in [1.82, 2.24) is 10.3 Å². The fraction of sp³-hybridized carbons (Fsp3) is 0.158. The molecule has 0 atom stereocenters. The number of carbonyl (C=O) groups is 1. The van der Waals surface area contributed by atoms with E-state index in [1.54, 1.807) is 5.38 Å². The summed E-state index contributed by atoms with van der Waals surface area (Å²) < 4.78 is 0. The zero-order valence-electron chi connectivity index (χ0n) is 13.5. The molecule has 4 nitrogen and oxygen atoms in total. The first kappa shape index (κ1) is 16.2. The summed E-state index contributed by atoms with van der Waals surface area (Å²) in [7, 11) is 0. The van der Waals surface area contributed by atoms with Crippen molar-refractivity contribution in [1.29, 1.82) is 0 Å². The van der Waals surface area contributed by atoms with Gasteiger partial charge in [0.15, 0.2) is 5.13 Å². The van der Waals surface area contributed by atoms with Gasteiger partial charge in [0, 0.05) is 17.6 Å². The standard InChI is InChI=1S/C19H19N3OS/c1-14-7-9-16(10-8-14)21-19-22-17(13-24-19)18(23)20-12-11-15-5-3-2-4-6-15/h2-10,13H,11-12H2,1H3,(H,20,23)(H,21,22). The number of nitrogens with one attached hydrogen (secondary N) is 2. The molecule has 0 fully saturated rings. The second kappa shape index (κ2) is 7.75. The first-order valence-electron chi connectivity index (χ1n) is 7.82. The monoisotopic (exact) mass is 337 g/mol. The third-order valence-electron chi connectivity index (χ3n) is 3.58. The van der Waals surface area contributed by atoms with Crippen molar-refractivity contribution < 1.29 is 4.79 Å². The maximum absolute atomic E-state index is 12.2. The predicted octanol–water partition coefficient (Wildman–Crippen LogP) is 4.17. The highest BCUT2D eigenvalue weighted by atomic mass is 32.1. The highest BCUT2D eigenvalue weighted by molar-refractivity contribution is 7.14. The molecule has 5 heteroatoms. The summed E-state index contributed by atoms with van der Waals surface area (Å²) in [5.41, 5.74) is 3.82. The smallest absolute Gasteiger partial charge is 0.270 e. The Balaban J connectivity index is 1.52. The highest BCUT2D eigenvalue weighted by Crippen LogP contribution is 2.21. The van der Waals surface area contributed by atoms with Crippen LogP contribution < -0.4 is 10.6 Å². The Morgan fingerprint density at radius 2 is 1.83 bits per heavy atom. The molecule has 0 aliphatic carbocycles. The van der Waals surface area contributed by atoms with Crippen LogP contribution in [0.15, 0.2) is 60.0 Å². The molecule has 3 aromatic rings. The lowest BCUT2D eigenvalue weighted by Gasteiger charge is -2.04. The topological polar surface area (TPSA) is 54.0 Å². The van der Waals surface area contributed by atoms with E-state index in [4.69, 9.17) is 0 Å². The Hall–Kier alpha value is -2.66. The minimum Gasteiger partial charge on any atom is -0.350 e. The van der Waals surface area contributed by atoms with Crippen LogP contribution in [0.5, 0.6) is 0 Å². The second-order valence-corrected chi connectivity index (χ2v) is 6.38. The Labute approximate surface area is 145 Å². The van der Waals surface area contributed by atoms with Crippen LogP contribution in [0.2, 0.25) is 0 Å². The Morgan fingerprint density at radius 1 is 1.08 bits per heavy atom. The van der Waals surface area contributed by atoms with E-state index in [1.165, 1.54) is 22.5 Å². The van der Waals surface area contributed by atoms with E-state index in [9.17, 15) is 4.79 Å². The summed E-state index contributed by atoms with van der Waals surface area (Å²) in [6.07, 6.45) is 0.811. The van der Waals surface area contributed by atoms with Gasteiger partial charge in [-0.3, -0.25) is 4.79 Å². The zero-order chi connectivity index (χ0) is 16.8. The normalized spacial score (nSPS) is 10.4. The Bertz CT molecular complexity index is 797. The molecule has 122 valence electrons. The Morgan fingerprint density at radius 3 is 2.58 bits per heavy atom. The van der Waals surface area contributed by atoms with E-state index < -0.39 is 0 Å². The highest BCUT2D eigenvalue weighted by Gasteiger charge is 2.10. The minimum absolute atomic E-state index is 0.140. The van der Waals surface area contributed by atoms with Crippen molar-refractivity contribution in [2.75, 3.05) is 11.9 Å². The Kier molecular flexibility index (Phi) is 5.23. The molecular formula is C19H19N3OS. The summed E-state index contributed by atoms with van der Waals surface area (Å²) in [4.78, 5) is 16.5. The van der Waals surface area contributed by atoms with Crippen LogP contribution in [0.4, 0.5) is 10.8 Å². The van der Waals surface area contributed by atoms with Crippen LogP contribution in [-0.2, 0) is 6.42 Å². The van der Waals surface area contributed by atoms with Crippen LogP contribution in [0.25, 0.3) is 0 Å². The fourth-order valence-electron chi connectivity index (χ4n) is 2.25. The van der Waals surface area contributed by atoms with Crippen LogP contribution >= 0.6 is 11.3 Å². The van der Waals surface area contributed by atoms with Gasteiger partial charge < -0.3 is 10.6 Å². The number of anilines is 2. The minimum atomic E-state index is -0.140. The molecule has 2 aromatic carbocycles. The van der Waals surface area contributed by atoms with E-state index in [2.05, 4.69) is 27.8 Å². The van der Waals surface area contributed by atoms with Crippen molar-refractivity contribution in [2.24, 2.45) is 0 Å². The van der Waals surface area contributed by atoms with Gasteiger partial charge in [-0.2, -0.15) is 0 Å². The van der Waals surface area contributed by atoms with Gasteiger partial charge in [0.05, 0.1) is 0 Å². The van der Waals surface area contributed by atoms with Crippen molar-refractivity contribution in [3.8, 4) is 0 Å². The lowest BCUT2D eigenvalue weighted by molar-refractivity contribution is 0.0950. The number of carbonyl (C=O) groups excluding carboxylic acids is 1. The van der Waals surface area contributed by atoms with Gasteiger partial charge in [0.1, 0.15) is 5.69 Å². The molecule has 2 N–H and O–H groups in total. The molecule has 0 aliphatic heterocycles. The molecule has 3 rings (SSSR count). The molecule has 0 spiro atoms. The molecule has 1 aromatic heterocycles. The predicted molar refractivity (Wildman–Crippen MR) is 99.1 cm³/mol. The number of hydrogen-bond acceptors (Lipinski definition) is 4. The van der Waals surface area contributed by atoms with E-state index in [-0.39, 0.29) is 5.91 Å². The third kappa shape index (κ3) is 4.43. The SMILES string of the molecule is Cc1ccc(Nc2nc(C(=O)NCCc3ccccc3)cs2)cc1. The quantitative estimate of drug-likeness (QED) is 0.710. The van der Waals surface area contributed by atoms with E-state index in [0.29, 0.717) is 17.4 Å². The molecule has 1 amide bonds. The van der Waals surface area contributed by atoms with Gasteiger partial charge in [-0.1, -0.05) is 48.0 Å². The molecule has 0 saturated heterocycles. The first-order chi connectivity index (χ1) is 11.7. The molecule has 0 radical (unpaired) electrons. The average Bonchev–Trinajstić information content (AvgIpc) is 3.06. The van der Waals surface area contributed by atoms with Gasteiger partial charge in [0.2, 0.25) is 0 Å². The van der Waals surface area contributed by atoms with E-state index in [0.717, 1.165) is 12.1 Å². The zero-order valence-corrected chi connectivity index (χ0v) is 14.3. The number of benzene rings is 2. The molecule has 0 saturated carbocycles. The summed E-state index contributed by atoms with van der Waals surface area (Å²) in [5.74, 6) is -0.140.